The number of thioether (sulfide) groups is 1. The summed E-state index contributed by atoms with van der Waals surface area (Å²) in [6.07, 6.45) is 6.28. The molecule has 3 aromatic rings. The normalized spacial score (nSPS) is 18.1. The molecule has 8 heteroatoms. The van der Waals surface area contributed by atoms with Crippen LogP contribution < -0.4 is 10.9 Å². The van der Waals surface area contributed by atoms with Crippen LogP contribution in [0.15, 0.2) is 34.2 Å². The van der Waals surface area contributed by atoms with Gasteiger partial charge in [-0.25, -0.2) is 4.98 Å². The highest BCUT2D eigenvalue weighted by Crippen LogP contribution is 2.35. The number of carbonyl (C=O) groups is 1. The molecule has 3 heterocycles. The van der Waals surface area contributed by atoms with Crippen LogP contribution >= 0.6 is 23.1 Å². The van der Waals surface area contributed by atoms with Gasteiger partial charge in [-0.2, -0.15) is 0 Å². The third-order valence-corrected chi connectivity index (χ3v) is 8.25. The number of ether oxygens (including phenoxy) is 1. The summed E-state index contributed by atoms with van der Waals surface area (Å²) < 4.78 is 7.57. The number of hydrogen-bond donors (Lipinski definition) is 1. The van der Waals surface area contributed by atoms with Crippen molar-refractivity contribution in [2.24, 2.45) is 0 Å². The number of fused-ring (bicyclic) bond motifs is 3. The maximum Gasteiger partial charge on any atom is 0.263 e. The summed E-state index contributed by atoms with van der Waals surface area (Å²) in [5, 5.41) is 4.34. The fourth-order valence-electron chi connectivity index (χ4n) is 4.53. The maximum absolute atomic E-state index is 13.6. The Morgan fingerprint density at radius 1 is 1.31 bits per heavy atom. The molecular weight excluding hydrogens is 442 g/mol. The number of benzene rings is 1. The fraction of sp³-hybridized carbons (Fsp3) is 0.458. The molecule has 2 aromatic heterocycles. The van der Waals surface area contributed by atoms with E-state index in [-0.39, 0.29) is 23.3 Å². The largest absolute Gasteiger partial charge is 0.376 e. The Hall–Kier alpha value is -2.16. The Bertz CT molecular complexity index is 1210. The molecule has 1 unspecified atom stereocenters. The second-order valence-corrected chi connectivity index (χ2v) is 10.6. The number of nitrogens with one attached hydrogen (secondary N) is 1. The molecular formula is C24H27N3O3S2. The van der Waals surface area contributed by atoms with E-state index < -0.39 is 0 Å². The summed E-state index contributed by atoms with van der Waals surface area (Å²) in [6, 6.07) is 7.74. The highest BCUT2D eigenvalue weighted by Gasteiger charge is 2.25. The van der Waals surface area contributed by atoms with Crippen molar-refractivity contribution in [2.45, 2.75) is 63.3 Å². The Balaban J connectivity index is 1.43. The molecule has 1 aromatic carbocycles. The highest BCUT2D eigenvalue weighted by molar-refractivity contribution is 7.99. The number of hydrogen-bond acceptors (Lipinski definition) is 6. The Morgan fingerprint density at radius 3 is 3.00 bits per heavy atom. The predicted octanol–water partition coefficient (Wildman–Crippen LogP) is 4.56. The van der Waals surface area contributed by atoms with E-state index in [0.717, 1.165) is 60.2 Å². The first-order chi connectivity index (χ1) is 15.6. The van der Waals surface area contributed by atoms with Crippen molar-refractivity contribution in [1.29, 1.82) is 0 Å². The SMILES string of the molecule is Cc1cccc(NC(=O)CSc2nc3sc4c(c3c(=O)n2CC2CCCO2)CCCC4)c1. The van der Waals surface area contributed by atoms with Crippen LogP contribution in [0.1, 0.15) is 41.7 Å². The maximum atomic E-state index is 13.6. The zero-order valence-electron chi connectivity index (χ0n) is 18.2. The summed E-state index contributed by atoms with van der Waals surface area (Å²) >= 11 is 2.98. The first-order valence-corrected chi connectivity index (χ1v) is 13.0. The second-order valence-electron chi connectivity index (χ2n) is 8.54. The molecule has 1 N–H and O–H groups in total. The molecule has 0 spiro atoms. The number of thiophene rings is 1. The highest BCUT2D eigenvalue weighted by atomic mass is 32.2. The third-order valence-electron chi connectivity index (χ3n) is 6.08. The molecule has 1 amide bonds. The predicted molar refractivity (Wildman–Crippen MR) is 130 cm³/mol. The summed E-state index contributed by atoms with van der Waals surface area (Å²) in [6.45, 7) is 3.23. The van der Waals surface area contributed by atoms with E-state index in [2.05, 4.69) is 5.32 Å². The molecule has 32 heavy (non-hydrogen) atoms. The zero-order chi connectivity index (χ0) is 22.1. The molecule has 1 fully saturated rings. The Kier molecular flexibility index (Phi) is 6.35. The van der Waals surface area contributed by atoms with Gasteiger partial charge in [0.1, 0.15) is 4.83 Å². The lowest BCUT2D eigenvalue weighted by Gasteiger charge is -2.16. The van der Waals surface area contributed by atoms with Gasteiger partial charge in [-0.1, -0.05) is 23.9 Å². The lowest BCUT2D eigenvalue weighted by molar-refractivity contribution is -0.113. The number of carbonyl (C=O) groups excluding carboxylic acids is 1. The molecule has 6 nitrogen and oxygen atoms in total. The van der Waals surface area contributed by atoms with Crippen molar-refractivity contribution in [2.75, 3.05) is 17.7 Å². The molecule has 1 atom stereocenters. The molecule has 1 saturated heterocycles. The number of rotatable bonds is 6. The van der Waals surface area contributed by atoms with E-state index in [1.165, 1.54) is 28.6 Å². The standard InChI is InChI=1S/C24H27N3O3S2/c1-15-6-4-7-16(12-15)25-20(28)14-31-24-26-22-21(18-9-2-3-10-19(18)32-22)23(29)27(24)13-17-8-5-11-30-17/h4,6-7,12,17H,2-3,5,8-11,13-14H2,1H3,(H,25,28). The molecule has 5 rings (SSSR count). The van der Waals surface area contributed by atoms with Gasteiger partial charge >= 0.3 is 0 Å². The quantitative estimate of drug-likeness (QED) is 0.423. The average Bonchev–Trinajstić information content (AvgIpc) is 3.42. The van der Waals surface area contributed by atoms with E-state index in [9.17, 15) is 9.59 Å². The summed E-state index contributed by atoms with van der Waals surface area (Å²) in [4.78, 5) is 33.2. The molecule has 0 saturated carbocycles. The van der Waals surface area contributed by atoms with Crippen LogP contribution in [-0.2, 0) is 28.9 Å². The van der Waals surface area contributed by atoms with Gasteiger partial charge in [-0.05, 0) is 68.7 Å². The van der Waals surface area contributed by atoms with Crippen molar-refractivity contribution in [3.63, 3.8) is 0 Å². The van der Waals surface area contributed by atoms with E-state index >= 15 is 0 Å². The summed E-state index contributed by atoms with van der Waals surface area (Å²) in [5.41, 5.74) is 3.09. The fourth-order valence-corrected chi connectivity index (χ4v) is 6.64. The Labute approximate surface area is 195 Å². The minimum Gasteiger partial charge on any atom is -0.376 e. The van der Waals surface area contributed by atoms with E-state index in [1.54, 1.807) is 15.9 Å². The third kappa shape index (κ3) is 4.49. The van der Waals surface area contributed by atoms with Gasteiger partial charge in [0.15, 0.2) is 5.16 Å². The summed E-state index contributed by atoms with van der Waals surface area (Å²) in [7, 11) is 0. The molecule has 168 valence electrons. The Morgan fingerprint density at radius 2 is 2.19 bits per heavy atom. The van der Waals surface area contributed by atoms with Gasteiger partial charge < -0.3 is 10.1 Å². The number of amides is 1. The van der Waals surface area contributed by atoms with Crippen LogP contribution in [0.2, 0.25) is 0 Å². The van der Waals surface area contributed by atoms with Crippen LogP contribution in [0, 0.1) is 6.92 Å². The van der Waals surface area contributed by atoms with Gasteiger partial charge in [0.05, 0.1) is 23.8 Å². The lowest BCUT2D eigenvalue weighted by Crippen LogP contribution is -2.29. The van der Waals surface area contributed by atoms with E-state index in [0.29, 0.717) is 11.7 Å². The van der Waals surface area contributed by atoms with E-state index in [4.69, 9.17) is 9.72 Å². The number of aryl methyl sites for hydroxylation is 3. The molecule has 2 aliphatic rings. The van der Waals surface area contributed by atoms with Crippen LogP contribution in [0.5, 0.6) is 0 Å². The van der Waals surface area contributed by atoms with Crippen LogP contribution in [0.25, 0.3) is 10.2 Å². The van der Waals surface area contributed by atoms with Gasteiger partial charge in [-0.15, -0.1) is 11.3 Å². The number of nitrogens with zero attached hydrogens (tertiary/aromatic N) is 2. The van der Waals surface area contributed by atoms with Crippen LogP contribution in [0.3, 0.4) is 0 Å². The van der Waals surface area contributed by atoms with Crippen molar-refractivity contribution >= 4 is 44.9 Å². The average molecular weight is 470 g/mol. The first kappa shape index (κ1) is 21.7. The molecule has 1 aliphatic heterocycles. The van der Waals surface area contributed by atoms with Crippen molar-refractivity contribution in [3.8, 4) is 0 Å². The number of aromatic nitrogens is 2. The van der Waals surface area contributed by atoms with Gasteiger partial charge in [0.2, 0.25) is 5.91 Å². The monoisotopic (exact) mass is 469 g/mol. The van der Waals surface area contributed by atoms with Crippen LogP contribution in [0.4, 0.5) is 5.69 Å². The van der Waals surface area contributed by atoms with Gasteiger partial charge in [0, 0.05) is 17.2 Å². The van der Waals surface area contributed by atoms with Crippen molar-refractivity contribution < 1.29 is 9.53 Å². The smallest absolute Gasteiger partial charge is 0.263 e. The van der Waals surface area contributed by atoms with Crippen LogP contribution in [-0.4, -0.2) is 33.9 Å². The topological polar surface area (TPSA) is 73.2 Å². The second kappa shape index (κ2) is 9.37. The molecule has 0 bridgehead atoms. The number of anilines is 1. The van der Waals surface area contributed by atoms with E-state index in [1.807, 2.05) is 31.2 Å². The lowest BCUT2D eigenvalue weighted by atomic mass is 9.97. The molecule has 0 radical (unpaired) electrons. The minimum absolute atomic E-state index is 0.0199. The van der Waals surface area contributed by atoms with Gasteiger partial charge in [0.25, 0.3) is 5.56 Å². The minimum atomic E-state index is -0.107. The van der Waals surface area contributed by atoms with Gasteiger partial charge in [-0.3, -0.25) is 14.2 Å². The van der Waals surface area contributed by atoms with Crippen molar-refractivity contribution in [1.82, 2.24) is 9.55 Å². The summed E-state index contributed by atoms with van der Waals surface area (Å²) in [5.74, 6) is 0.0896. The molecule has 1 aliphatic carbocycles. The van der Waals surface area contributed by atoms with Crippen molar-refractivity contribution in [3.05, 3.63) is 50.6 Å². The zero-order valence-corrected chi connectivity index (χ0v) is 19.8. The first-order valence-electron chi connectivity index (χ1n) is 11.2.